The molecule has 0 unspecified atom stereocenters. The molecule has 2 N–H and O–H groups in total. The molecule has 90 valence electrons. The first-order valence-electron chi connectivity index (χ1n) is 4.97. The van der Waals surface area contributed by atoms with E-state index in [9.17, 15) is 8.78 Å². The Bertz CT molecular complexity index is 525. The largest absolute Gasteiger partial charge is 0.468 e. The van der Waals surface area contributed by atoms with Gasteiger partial charge in [-0.1, -0.05) is 11.8 Å². The van der Waals surface area contributed by atoms with E-state index >= 15 is 0 Å². The van der Waals surface area contributed by atoms with E-state index in [1.54, 1.807) is 25.1 Å². The Morgan fingerprint density at radius 2 is 2.00 bits per heavy atom. The van der Waals surface area contributed by atoms with Crippen molar-refractivity contribution in [3.05, 3.63) is 41.9 Å². The number of rotatable bonds is 3. The van der Waals surface area contributed by atoms with Crippen molar-refractivity contribution in [1.29, 1.82) is 0 Å². The van der Waals surface area contributed by atoms with Crippen LogP contribution in [0.1, 0.15) is 17.7 Å². The minimum absolute atomic E-state index is 0.0457. The SMILES string of the molecule is Cc1occc1Sc1ccc(N)cc1C(F)F. The fourth-order valence-electron chi connectivity index (χ4n) is 1.43. The second-order valence-corrected chi connectivity index (χ2v) is 4.62. The lowest BCUT2D eigenvalue weighted by Crippen LogP contribution is -1.92. The van der Waals surface area contributed by atoms with Crippen LogP contribution in [0.4, 0.5) is 14.5 Å². The van der Waals surface area contributed by atoms with E-state index < -0.39 is 6.43 Å². The van der Waals surface area contributed by atoms with E-state index in [-0.39, 0.29) is 5.56 Å². The molecule has 17 heavy (non-hydrogen) atoms. The summed E-state index contributed by atoms with van der Waals surface area (Å²) in [6, 6.07) is 6.28. The molecule has 1 heterocycles. The van der Waals surface area contributed by atoms with Gasteiger partial charge in [0.1, 0.15) is 5.76 Å². The number of aryl methyl sites for hydroxylation is 1. The molecule has 2 aromatic rings. The van der Waals surface area contributed by atoms with E-state index in [1.807, 2.05) is 0 Å². The number of hydrogen-bond acceptors (Lipinski definition) is 3. The monoisotopic (exact) mass is 255 g/mol. The molecule has 2 nitrogen and oxygen atoms in total. The normalized spacial score (nSPS) is 11.1. The fourth-order valence-corrected chi connectivity index (χ4v) is 2.38. The second-order valence-electron chi connectivity index (χ2n) is 3.54. The Balaban J connectivity index is 2.36. The molecular weight excluding hydrogens is 244 g/mol. The topological polar surface area (TPSA) is 39.2 Å². The van der Waals surface area contributed by atoms with Crippen LogP contribution in [-0.2, 0) is 0 Å². The molecule has 5 heteroatoms. The molecule has 0 aliphatic heterocycles. The van der Waals surface area contributed by atoms with E-state index in [4.69, 9.17) is 10.2 Å². The van der Waals surface area contributed by atoms with Crippen molar-refractivity contribution in [3.63, 3.8) is 0 Å². The molecule has 1 aromatic carbocycles. The van der Waals surface area contributed by atoms with Gasteiger partial charge in [0.15, 0.2) is 0 Å². The van der Waals surface area contributed by atoms with Gasteiger partial charge in [-0.05, 0) is 31.2 Å². The van der Waals surface area contributed by atoms with Gasteiger partial charge < -0.3 is 10.2 Å². The Morgan fingerprint density at radius 1 is 1.24 bits per heavy atom. The molecule has 0 saturated carbocycles. The number of nitrogens with two attached hydrogens (primary N) is 1. The standard InChI is InChI=1S/C12H11F2NOS/c1-7-10(4-5-16-7)17-11-3-2-8(15)6-9(11)12(13)14/h2-6,12H,15H2,1H3. The zero-order valence-corrected chi connectivity index (χ0v) is 9.93. The highest BCUT2D eigenvalue weighted by molar-refractivity contribution is 7.99. The number of alkyl halides is 2. The fraction of sp³-hybridized carbons (Fsp3) is 0.167. The van der Waals surface area contributed by atoms with Gasteiger partial charge in [-0.2, -0.15) is 0 Å². The molecule has 2 rings (SSSR count). The average molecular weight is 255 g/mol. The van der Waals surface area contributed by atoms with Gasteiger partial charge in [0, 0.05) is 16.1 Å². The number of benzene rings is 1. The van der Waals surface area contributed by atoms with Crippen molar-refractivity contribution in [1.82, 2.24) is 0 Å². The molecule has 0 spiro atoms. The summed E-state index contributed by atoms with van der Waals surface area (Å²) in [6.07, 6.45) is -0.995. The smallest absolute Gasteiger partial charge is 0.265 e. The van der Waals surface area contributed by atoms with Gasteiger partial charge >= 0.3 is 0 Å². The van der Waals surface area contributed by atoms with Crippen LogP contribution in [0.15, 0.2) is 44.7 Å². The van der Waals surface area contributed by atoms with Gasteiger partial charge in [0.05, 0.1) is 11.2 Å². The zero-order valence-electron chi connectivity index (χ0n) is 9.11. The maximum absolute atomic E-state index is 12.8. The molecule has 0 saturated heterocycles. The summed E-state index contributed by atoms with van der Waals surface area (Å²) in [5, 5.41) is 0. The van der Waals surface area contributed by atoms with Gasteiger partial charge in [-0.25, -0.2) is 8.78 Å². The third kappa shape index (κ3) is 2.61. The highest BCUT2D eigenvalue weighted by Crippen LogP contribution is 2.37. The van der Waals surface area contributed by atoms with Crippen LogP contribution in [0, 0.1) is 6.92 Å². The van der Waals surface area contributed by atoms with E-state index in [0.717, 1.165) is 4.90 Å². The number of anilines is 1. The number of nitrogen functional groups attached to an aromatic ring is 1. The van der Waals surface area contributed by atoms with E-state index in [2.05, 4.69) is 0 Å². The molecule has 0 amide bonds. The summed E-state index contributed by atoms with van der Waals surface area (Å²) in [7, 11) is 0. The zero-order chi connectivity index (χ0) is 12.4. The Hall–Kier alpha value is -1.49. The lowest BCUT2D eigenvalue weighted by Gasteiger charge is -2.08. The lowest BCUT2D eigenvalue weighted by molar-refractivity contribution is 0.148. The summed E-state index contributed by atoms with van der Waals surface area (Å²) < 4.78 is 30.8. The Kier molecular flexibility index (Phi) is 3.38. The highest BCUT2D eigenvalue weighted by atomic mass is 32.2. The number of hydrogen-bond donors (Lipinski definition) is 1. The molecular formula is C12H11F2NOS. The summed E-state index contributed by atoms with van der Waals surface area (Å²) in [5.74, 6) is 0.715. The van der Waals surface area contributed by atoms with E-state index in [1.165, 1.54) is 24.1 Å². The predicted octanol–water partition coefficient (Wildman–Crippen LogP) is 4.26. The maximum atomic E-state index is 12.8. The number of furan rings is 1. The van der Waals surface area contributed by atoms with Crippen molar-refractivity contribution < 1.29 is 13.2 Å². The minimum atomic E-state index is -2.53. The first kappa shape index (κ1) is 12.0. The summed E-state index contributed by atoms with van der Waals surface area (Å²) in [4.78, 5) is 1.33. The Morgan fingerprint density at radius 3 is 2.59 bits per heavy atom. The average Bonchev–Trinajstić information content (AvgIpc) is 2.67. The molecule has 0 aliphatic rings. The minimum Gasteiger partial charge on any atom is -0.468 e. The van der Waals surface area contributed by atoms with Crippen LogP contribution < -0.4 is 5.73 Å². The molecule has 0 fully saturated rings. The van der Waals surface area contributed by atoms with Crippen LogP contribution in [0.2, 0.25) is 0 Å². The highest BCUT2D eigenvalue weighted by Gasteiger charge is 2.15. The second kappa shape index (κ2) is 4.79. The molecule has 0 bridgehead atoms. The van der Waals surface area contributed by atoms with Crippen molar-refractivity contribution >= 4 is 17.4 Å². The number of halogens is 2. The molecule has 0 aliphatic carbocycles. The van der Waals surface area contributed by atoms with Crippen molar-refractivity contribution in [2.75, 3.05) is 5.73 Å². The van der Waals surface area contributed by atoms with Crippen LogP contribution >= 0.6 is 11.8 Å². The maximum Gasteiger partial charge on any atom is 0.265 e. The van der Waals surface area contributed by atoms with Crippen molar-refractivity contribution in [2.45, 2.75) is 23.1 Å². The van der Waals surface area contributed by atoms with Crippen LogP contribution in [0.25, 0.3) is 0 Å². The quantitative estimate of drug-likeness (QED) is 0.833. The first-order chi connectivity index (χ1) is 8.08. The molecule has 0 atom stereocenters. The van der Waals surface area contributed by atoms with Gasteiger partial charge in [0.25, 0.3) is 6.43 Å². The summed E-state index contributed by atoms with van der Waals surface area (Å²) >= 11 is 1.26. The van der Waals surface area contributed by atoms with Gasteiger partial charge in [-0.15, -0.1) is 0 Å². The molecule has 1 aromatic heterocycles. The Labute approximate surface area is 102 Å². The van der Waals surface area contributed by atoms with Crippen LogP contribution in [-0.4, -0.2) is 0 Å². The van der Waals surface area contributed by atoms with Gasteiger partial charge in [-0.3, -0.25) is 0 Å². The third-order valence-electron chi connectivity index (χ3n) is 2.30. The third-order valence-corrected chi connectivity index (χ3v) is 3.54. The van der Waals surface area contributed by atoms with Crippen molar-refractivity contribution in [3.8, 4) is 0 Å². The van der Waals surface area contributed by atoms with Crippen molar-refractivity contribution in [2.24, 2.45) is 0 Å². The predicted molar refractivity (Wildman–Crippen MR) is 63.4 cm³/mol. The van der Waals surface area contributed by atoms with Crippen LogP contribution in [0.3, 0.4) is 0 Å². The first-order valence-corrected chi connectivity index (χ1v) is 5.79. The van der Waals surface area contributed by atoms with E-state index in [0.29, 0.717) is 16.3 Å². The van der Waals surface area contributed by atoms with Crippen LogP contribution in [0.5, 0.6) is 0 Å². The van der Waals surface area contributed by atoms with Gasteiger partial charge in [0.2, 0.25) is 0 Å². The summed E-state index contributed by atoms with van der Waals surface area (Å²) in [5.41, 5.74) is 5.80. The molecule has 0 radical (unpaired) electrons. The summed E-state index contributed by atoms with van der Waals surface area (Å²) in [6.45, 7) is 1.79. The lowest BCUT2D eigenvalue weighted by atomic mass is 10.2.